The van der Waals surface area contributed by atoms with Gasteiger partial charge in [0.1, 0.15) is 6.10 Å². The molecule has 6 heteroatoms. The van der Waals surface area contributed by atoms with Crippen molar-refractivity contribution in [3.05, 3.63) is 29.8 Å². The normalized spacial score (nSPS) is 12.9. The van der Waals surface area contributed by atoms with Crippen molar-refractivity contribution < 1.29 is 17.9 Å². The van der Waals surface area contributed by atoms with E-state index < -0.39 is 16.1 Å². The van der Waals surface area contributed by atoms with Gasteiger partial charge in [0.2, 0.25) is 10.0 Å². The van der Waals surface area contributed by atoms with E-state index in [1.807, 2.05) is 0 Å². The van der Waals surface area contributed by atoms with Crippen molar-refractivity contribution in [3.8, 4) is 0 Å². The Balaban J connectivity index is 2.44. The Morgan fingerprint density at radius 2 is 1.73 bits per heavy atom. The van der Waals surface area contributed by atoms with Crippen LogP contribution in [0.3, 0.4) is 0 Å². The number of primary sulfonamides is 1. The highest BCUT2D eigenvalue weighted by Crippen LogP contribution is 2.20. The first kappa shape index (κ1) is 18.6. The quantitative estimate of drug-likeness (QED) is 0.557. The van der Waals surface area contributed by atoms with Gasteiger partial charge in [-0.1, -0.05) is 44.7 Å². The first-order valence-corrected chi connectivity index (χ1v) is 9.21. The number of hydrogen-bond acceptors (Lipinski definition) is 4. The Morgan fingerprint density at radius 1 is 1.14 bits per heavy atom. The molecule has 0 bridgehead atoms. The third kappa shape index (κ3) is 6.58. The van der Waals surface area contributed by atoms with E-state index in [4.69, 9.17) is 9.88 Å². The molecule has 0 aromatic heterocycles. The van der Waals surface area contributed by atoms with Gasteiger partial charge in [0.05, 0.1) is 4.90 Å². The molecular weight excluding hydrogens is 302 g/mol. The lowest BCUT2D eigenvalue weighted by Crippen LogP contribution is -2.12. The van der Waals surface area contributed by atoms with E-state index in [0.29, 0.717) is 6.42 Å². The summed E-state index contributed by atoms with van der Waals surface area (Å²) in [7, 11) is -3.70. The molecule has 1 atom stereocenters. The van der Waals surface area contributed by atoms with Crippen LogP contribution in [0.2, 0.25) is 0 Å². The summed E-state index contributed by atoms with van der Waals surface area (Å²) in [5.41, 5.74) is 0.742. The maximum atomic E-state index is 11.7. The molecule has 0 aliphatic carbocycles. The van der Waals surface area contributed by atoms with Crippen LogP contribution in [0.15, 0.2) is 29.2 Å². The van der Waals surface area contributed by atoms with E-state index >= 15 is 0 Å². The first-order chi connectivity index (χ1) is 10.3. The molecule has 1 rings (SSSR count). The summed E-state index contributed by atoms with van der Waals surface area (Å²) < 4.78 is 27.7. The average Bonchev–Trinajstić information content (AvgIpc) is 2.46. The number of rotatable bonds is 9. The van der Waals surface area contributed by atoms with Gasteiger partial charge in [-0.15, -0.1) is 0 Å². The monoisotopic (exact) mass is 327 g/mol. The van der Waals surface area contributed by atoms with Crippen molar-refractivity contribution in [1.29, 1.82) is 0 Å². The fourth-order valence-corrected chi connectivity index (χ4v) is 2.64. The smallest absolute Gasteiger partial charge is 0.306 e. The standard InChI is InChI=1S/C16H25NO4S/c1-3-4-5-6-7-8-16(18)21-13(2)14-9-11-15(12-10-14)22(17,19)20/h9-13H,3-8H2,1-2H3,(H2,17,19,20). The highest BCUT2D eigenvalue weighted by Gasteiger charge is 2.13. The third-order valence-corrected chi connectivity index (χ3v) is 4.40. The summed E-state index contributed by atoms with van der Waals surface area (Å²) in [6.45, 7) is 3.91. The van der Waals surface area contributed by atoms with Crippen LogP contribution in [-0.2, 0) is 19.6 Å². The van der Waals surface area contributed by atoms with E-state index in [1.54, 1.807) is 19.1 Å². The molecule has 0 amide bonds. The molecule has 1 aromatic carbocycles. The Morgan fingerprint density at radius 3 is 2.27 bits per heavy atom. The Bertz CT molecular complexity index is 566. The lowest BCUT2D eigenvalue weighted by atomic mass is 10.1. The lowest BCUT2D eigenvalue weighted by Gasteiger charge is -2.14. The SMILES string of the molecule is CCCCCCCC(=O)OC(C)c1ccc(S(N)(=O)=O)cc1. The zero-order chi connectivity index (χ0) is 16.6. The molecule has 124 valence electrons. The Hall–Kier alpha value is -1.40. The fourth-order valence-electron chi connectivity index (χ4n) is 2.13. The molecule has 0 radical (unpaired) electrons. The number of carbonyl (C=O) groups is 1. The van der Waals surface area contributed by atoms with Gasteiger partial charge in [0, 0.05) is 6.42 Å². The highest BCUT2D eigenvalue weighted by atomic mass is 32.2. The second-order valence-electron chi connectivity index (χ2n) is 5.41. The van der Waals surface area contributed by atoms with Crippen molar-refractivity contribution >= 4 is 16.0 Å². The number of sulfonamides is 1. The zero-order valence-electron chi connectivity index (χ0n) is 13.2. The Labute approximate surface area is 132 Å². The molecule has 0 aliphatic heterocycles. The first-order valence-electron chi connectivity index (χ1n) is 7.67. The Kier molecular flexibility index (Phi) is 7.55. The summed E-state index contributed by atoms with van der Waals surface area (Å²) in [5.74, 6) is -0.223. The molecule has 22 heavy (non-hydrogen) atoms. The number of nitrogens with two attached hydrogens (primary N) is 1. The maximum absolute atomic E-state index is 11.7. The maximum Gasteiger partial charge on any atom is 0.306 e. The second-order valence-corrected chi connectivity index (χ2v) is 6.97. The van der Waals surface area contributed by atoms with Crippen LogP contribution in [0.4, 0.5) is 0 Å². The molecule has 1 unspecified atom stereocenters. The van der Waals surface area contributed by atoms with Gasteiger partial charge in [-0.2, -0.15) is 0 Å². The summed E-state index contributed by atoms with van der Waals surface area (Å²) in [6, 6.07) is 6.05. The largest absolute Gasteiger partial charge is 0.458 e. The second kappa shape index (κ2) is 8.90. The summed E-state index contributed by atoms with van der Waals surface area (Å²) in [4.78, 5) is 11.8. The van der Waals surface area contributed by atoms with E-state index in [1.165, 1.54) is 25.0 Å². The van der Waals surface area contributed by atoms with E-state index in [-0.39, 0.29) is 10.9 Å². The fraction of sp³-hybridized carbons (Fsp3) is 0.562. The minimum absolute atomic E-state index is 0.0469. The molecule has 0 fully saturated rings. The van der Waals surface area contributed by atoms with Crippen LogP contribution in [-0.4, -0.2) is 14.4 Å². The predicted molar refractivity (Wildman–Crippen MR) is 85.7 cm³/mol. The molecular formula is C16H25NO4S. The van der Waals surface area contributed by atoms with Crippen LogP contribution < -0.4 is 5.14 Å². The molecule has 0 saturated heterocycles. The van der Waals surface area contributed by atoms with Crippen LogP contribution in [0.25, 0.3) is 0 Å². The molecule has 0 saturated carbocycles. The van der Waals surface area contributed by atoms with Gasteiger partial charge in [-0.25, -0.2) is 13.6 Å². The lowest BCUT2D eigenvalue weighted by molar-refractivity contribution is -0.148. The minimum Gasteiger partial charge on any atom is -0.458 e. The van der Waals surface area contributed by atoms with Crippen LogP contribution in [0.1, 0.15) is 64.0 Å². The number of unbranched alkanes of at least 4 members (excludes halogenated alkanes) is 4. The van der Waals surface area contributed by atoms with Gasteiger partial charge >= 0.3 is 5.97 Å². The van der Waals surface area contributed by atoms with Crippen molar-refractivity contribution in [1.82, 2.24) is 0 Å². The number of esters is 1. The topological polar surface area (TPSA) is 86.5 Å². The van der Waals surface area contributed by atoms with E-state index in [2.05, 4.69) is 6.92 Å². The molecule has 0 heterocycles. The highest BCUT2D eigenvalue weighted by molar-refractivity contribution is 7.89. The van der Waals surface area contributed by atoms with E-state index in [9.17, 15) is 13.2 Å². The number of ether oxygens (including phenoxy) is 1. The van der Waals surface area contributed by atoms with Gasteiger partial charge < -0.3 is 4.74 Å². The minimum atomic E-state index is -3.70. The van der Waals surface area contributed by atoms with Crippen LogP contribution in [0, 0.1) is 0 Å². The van der Waals surface area contributed by atoms with E-state index in [0.717, 1.165) is 24.8 Å². The summed E-state index contributed by atoms with van der Waals surface area (Å²) >= 11 is 0. The van der Waals surface area contributed by atoms with Gasteiger partial charge in [0.15, 0.2) is 0 Å². The molecule has 5 nitrogen and oxygen atoms in total. The summed E-state index contributed by atoms with van der Waals surface area (Å²) in [5, 5.41) is 5.04. The molecule has 0 aliphatic rings. The summed E-state index contributed by atoms with van der Waals surface area (Å²) in [6.07, 6.45) is 5.42. The third-order valence-electron chi connectivity index (χ3n) is 3.47. The van der Waals surface area contributed by atoms with Crippen molar-refractivity contribution in [3.63, 3.8) is 0 Å². The molecule has 0 spiro atoms. The predicted octanol–water partition coefficient (Wildman–Crippen LogP) is 3.30. The average molecular weight is 327 g/mol. The number of carbonyl (C=O) groups excluding carboxylic acids is 1. The molecule has 2 N–H and O–H groups in total. The van der Waals surface area contributed by atoms with Crippen molar-refractivity contribution in [2.75, 3.05) is 0 Å². The van der Waals surface area contributed by atoms with Crippen LogP contribution >= 0.6 is 0 Å². The molecule has 1 aromatic rings. The zero-order valence-corrected chi connectivity index (χ0v) is 14.1. The van der Waals surface area contributed by atoms with Crippen LogP contribution in [0.5, 0.6) is 0 Å². The number of benzene rings is 1. The van der Waals surface area contributed by atoms with Gasteiger partial charge in [-0.05, 0) is 31.0 Å². The van der Waals surface area contributed by atoms with Crippen molar-refractivity contribution in [2.45, 2.75) is 63.4 Å². The number of hydrogen-bond donors (Lipinski definition) is 1. The van der Waals surface area contributed by atoms with Crippen molar-refractivity contribution in [2.24, 2.45) is 5.14 Å². The van der Waals surface area contributed by atoms with Gasteiger partial charge in [-0.3, -0.25) is 4.79 Å². The van der Waals surface area contributed by atoms with Gasteiger partial charge in [0.25, 0.3) is 0 Å².